The number of piperidine rings is 1. The van der Waals surface area contributed by atoms with E-state index in [0.717, 1.165) is 38.8 Å². The van der Waals surface area contributed by atoms with Crippen molar-refractivity contribution in [1.29, 1.82) is 0 Å². The maximum atomic E-state index is 13.5. The lowest BCUT2D eigenvalue weighted by Crippen LogP contribution is -2.53. The summed E-state index contributed by atoms with van der Waals surface area (Å²) in [5.74, 6) is 0.561. The molecule has 1 aromatic rings. The van der Waals surface area contributed by atoms with Gasteiger partial charge in [-0.3, -0.25) is 9.59 Å². The number of ether oxygens (including phenoxy) is 2. The Balaban J connectivity index is 0.00000187. The number of hydrogen-bond acceptors (Lipinski definition) is 5. The first-order chi connectivity index (χ1) is 15.8. The summed E-state index contributed by atoms with van der Waals surface area (Å²) in [4.78, 5) is 30.4. The minimum absolute atomic E-state index is 0.00288. The molecule has 7 heteroatoms. The van der Waals surface area contributed by atoms with E-state index in [1.54, 1.807) is 25.9 Å². The Hall–Kier alpha value is -2.12. The van der Waals surface area contributed by atoms with Crippen molar-refractivity contribution in [3.63, 3.8) is 0 Å². The highest BCUT2D eigenvalue weighted by atomic mass is 16.5. The molecular formula is C26H43N3O4. The fraction of sp³-hybridized carbons (Fsp3) is 0.692. The minimum atomic E-state index is -0.933. The summed E-state index contributed by atoms with van der Waals surface area (Å²) in [6.45, 7) is 14.7. The Morgan fingerprint density at radius 1 is 1.30 bits per heavy atom. The molecule has 0 radical (unpaired) electrons. The van der Waals surface area contributed by atoms with Gasteiger partial charge < -0.3 is 24.6 Å². The normalized spacial score (nSPS) is 19.3. The van der Waals surface area contributed by atoms with Gasteiger partial charge in [-0.1, -0.05) is 13.8 Å². The van der Waals surface area contributed by atoms with E-state index in [2.05, 4.69) is 19.2 Å². The van der Waals surface area contributed by atoms with Crippen LogP contribution in [-0.4, -0.2) is 67.7 Å². The molecule has 3 rings (SSSR count). The van der Waals surface area contributed by atoms with Crippen molar-refractivity contribution in [2.75, 3.05) is 38.3 Å². The standard InChI is InChI=1S/C24H37N3O4.C2H6/c1-17(2)27(19-9-8-12-25-16-19)22(28)18-10-11-21-20(15-18)26(13-6-7-14-30-5)23(29)24(3,4)31-21;1-2/h10-11,15,17,19,25H,6-9,12-14,16H2,1-5H3;1-2H3/t19-;/m1./s1. The van der Waals surface area contributed by atoms with E-state index in [1.807, 2.05) is 36.9 Å². The van der Waals surface area contributed by atoms with Crippen LogP contribution < -0.4 is 15.0 Å². The van der Waals surface area contributed by atoms with E-state index in [9.17, 15) is 9.59 Å². The van der Waals surface area contributed by atoms with E-state index < -0.39 is 5.60 Å². The number of nitrogens with one attached hydrogen (secondary N) is 1. The quantitative estimate of drug-likeness (QED) is 0.586. The van der Waals surface area contributed by atoms with Gasteiger partial charge in [0.25, 0.3) is 11.8 Å². The maximum Gasteiger partial charge on any atom is 0.270 e. The van der Waals surface area contributed by atoms with Crippen molar-refractivity contribution < 1.29 is 19.1 Å². The first-order valence-corrected chi connectivity index (χ1v) is 12.4. The average Bonchev–Trinajstić information content (AvgIpc) is 2.80. The first-order valence-electron chi connectivity index (χ1n) is 12.4. The second kappa shape index (κ2) is 12.4. The Kier molecular flexibility index (Phi) is 10.2. The summed E-state index contributed by atoms with van der Waals surface area (Å²) in [6.07, 6.45) is 3.76. The Labute approximate surface area is 199 Å². The van der Waals surface area contributed by atoms with Crippen LogP contribution in [0.15, 0.2) is 18.2 Å². The van der Waals surface area contributed by atoms with Crippen molar-refractivity contribution >= 4 is 17.5 Å². The molecule has 1 aromatic carbocycles. The molecule has 186 valence electrons. The lowest BCUT2D eigenvalue weighted by atomic mass is 10.00. The molecule has 2 amide bonds. The average molecular weight is 462 g/mol. The second-order valence-corrected chi connectivity index (χ2v) is 9.26. The molecule has 2 heterocycles. The number of methoxy groups -OCH3 is 1. The third-order valence-corrected chi connectivity index (χ3v) is 6.06. The van der Waals surface area contributed by atoms with Crippen LogP contribution in [0.25, 0.3) is 0 Å². The molecule has 0 aromatic heterocycles. The molecule has 7 nitrogen and oxygen atoms in total. The number of hydrogen-bond donors (Lipinski definition) is 1. The van der Waals surface area contributed by atoms with Gasteiger partial charge in [-0.15, -0.1) is 0 Å². The number of rotatable bonds is 8. The van der Waals surface area contributed by atoms with Crippen LogP contribution >= 0.6 is 0 Å². The third-order valence-electron chi connectivity index (χ3n) is 6.06. The van der Waals surface area contributed by atoms with Crippen molar-refractivity contribution in [2.24, 2.45) is 0 Å². The predicted octanol–water partition coefficient (Wildman–Crippen LogP) is 4.25. The molecule has 1 fully saturated rings. The van der Waals surface area contributed by atoms with Gasteiger partial charge in [-0.05, 0) is 78.1 Å². The molecule has 2 aliphatic heterocycles. The van der Waals surface area contributed by atoms with Gasteiger partial charge in [0.1, 0.15) is 5.75 Å². The van der Waals surface area contributed by atoms with Crippen LogP contribution in [0.4, 0.5) is 5.69 Å². The summed E-state index contributed by atoms with van der Waals surface area (Å²) in [6, 6.07) is 5.75. The predicted molar refractivity (Wildman–Crippen MR) is 133 cm³/mol. The van der Waals surface area contributed by atoms with Crippen LogP contribution in [-0.2, 0) is 9.53 Å². The minimum Gasteiger partial charge on any atom is -0.476 e. The molecule has 1 saturated heterocycles. The van der Waals surface area contributed by atoms with Gasteiger partial charge in [0.2, 0.25) is 0 Å². The molecule has 1 atom stereocenters. The third kappa shape index (κ3) is 6.48. The summed E-state index contributed by atoms with van der Waals surface area (Å²) in [5, 5.41) is 3.40. The molecule has 2 aliphatic rings. The van der Waals surface area contributed by atoms with Gasteiger partial charge in [0.05, 0.1) is 5.69 Å². The van der Waals surface area contributed by atoms with Gasteiger partial charge in [0.15, 0.2) is 5.60 Å². The Bertz CT molecular complexity index is 788. The zero-order chi connectivity index (χ0) is 24.6. The van der Waals surface area contributed by atoms with Crippen molar-refractivity contribution in [1.82, 2.24) is 10.2 Å². The lowest BCUT2D eigenvalue weighted by molar-refractivity contribution is -0.132. The fourth-order valence-corrected chi connectivity index (χ4v) is 4.48. The summed E-state index contributed by atoms with van der Waals surface area (Å²) >= 11 is 0. The molecule has 0 aliphatic carbocycles. The summed E-state index contributed by atoms with van der Waals surface area (Å²) < 4.78 is 11.1. The number of carbonyl (C=O) groups is 2. The van der Waals surface area contributed by atoms with Crippen LogP contribution in [0, 0.1) is 0 Å². The van der Waals surface area contributed by atoms with E-state index >= 15 is 0 Å². The number of fused-ring (bicyclic) bond motifs is 1. The van der Waals surface area contributed by atoms with E-state index in [1.165, 1.54) is 0 Å². The van der Waals surface area contributed by atoms with Crippen LogP contribution in [0.5, 0.6) is 5.75 Å². The SMILES string of the molecule is CC.COCCCCN1C(=O)C(C)(C)Oc2ccc(C(=O)N(C(C)C)[C@@H]3CCCNC3)cc21. The molecule has 1 N–H and O–H groups in total. The van der Waals surface area contributed by atoms with Gasteiger partial charge in [-0.2, -0.15) is 0 Å². The molecule has 0 unspecified atom stereocenters. The van der Waals surface area contributed by atoms with Crippen molar-refractivity contribution in [3.8, 4) is 5.75 Å². The van der Waals surface area contributed by atoms with Crippen molar-refractivity contribution in [3.05, 3.63) is 23.8 Å². The highest BCUT2D eigenvalue weighted by Crippen LogP contribution is 2.39. The molecule has 0 bridgehead atoms. The number of unbranched alkanes of at least 4 members (excludes halogenated alkanes) is 1. The first kappa shape index (κ1) is 27.1. The molecular weight excluding hydrogens is 418 g/mol. The molecule has 33 heavy (non-hydrogen) atoms. The van der Waals surface area contributed by atoms with Crippen LogP contribution in [0.1, 0.15) is 77.6 Å². The topological polar surface area (TPSA) is 71.1 Å². The maximum absolute atomic E-state index is 13.5. The van der Waals surface area contributed by atoms with Gasteiger partial charge in [-0.25, -0.2) is 0 Å². The zero-order valence-corrected chi connectivity index (χ0v) is 21.6. The van der Waals surface area contributed by atoms with Crippen LogP contribution in [0.2, 0.25) is 0 Å². The Morgan fingerprint density at radius 2 is 2.03 bits per heavy atom. The summed E-state index contributed by atoms with van der Waals surface area (Å²) in [5.41, 5.74) is 0.339. The highest BCUT2D eigenvalue weighted by molar-refractivity contribution is 6.04. The summed E-state index contributed by atoms with van der Waals surface area (Å²) in [7, 11) is 1.68. The number of nitrogens with zero attached hydrogens (tertiary/aromatic N) is 2. The highest BCUT2D eigenvalue weighted by Gasteiger charge is 2.41. The smallest absolute Gasteiger partial charge is 0.270 e. The number of carbonyl (C=O) groups excluding carboxylic acids is 2. The van der Waals surface area contributed by atoms with Crippen LogP contribution in [0.3, 0.4) is 0 Å². The number of benzene rings is 1. The van der Waals surface area contributed by atoms with Gasteiger partial charge in [0, 0.05) is 44.5 Å². The van der Waals surface area contributed by atoms with E-state index in [4.69, 9.17) is 9.47 Å². The second-order valence-electron chi connectivity index (χ2n) is 9.26. The van der Waals surface area contributed by atoms with Gasteiger partial charge >= 0.3 is 0 Å². The molecule has 0 spiro atoms. The monoisotopic (exact) mass is 461 g/mol. The lowest BCUT2D eigenvalue weighted by Gasteiger charge is -2.40. The largest absolute Gasteiger partial charge is 0.476 e. The number of anilines is 1. The van der Waals surface area contributed by atoms with Crippen molar-refractivity contribution in [2.45, 2.75) is 84.9 Å². The fourth-order valence-electron chi connectivity index (χ4n) is 4.48. The van der Waals surface area contributed by atoms with E-state index in [-0.39, 0.29) is 23.9 Å². The Morgan fingerprint density at radius 3 is 2.64 bits per heavy atom. The number of amides is 2. The zero-order valence-electron chi connectivity index (χ0n) is 21.6. The molecule has 0 saturated carbocycles. The van der Waals surface area contributed by atoms with E-state index in [0.29, 0.717) is 30.2 Å².